The van der Waals surface area contributed by atoms with Gasteiger partial charge in [-0.1, -0.05) is 0 Å². The number of benzene rings is 1. The van der Waals surface area contributed by atoms with E-state index in [9.17, 15) is 19.1 Å². The Morgan fingerprint density at radius 2 is 2.00 bits per heavy atom. The highest BCUT2D eigenvalue weighted by atomic mass is 32.2. The minimum atomic E-state index is -1.09. The molecule has 1 aliphatic rings. The summed E-state index contributed by atoms with van der Waals surface area (Å²) in [4.78, 5) is 25.1. The lowest BCUT2D eigenvalue weighted by atomic mass is 10.2. The van der Waals surface area contributed by atoms with Crippen LogP contribution in [0.1, 0.15) is 12.8 Å². The van der Waals surface area contributed by atoms with Crippen molar-refractivity contribution < 1.29 is 24.2 Å². The minimum absolute atomic E-state index is 0.0665. The number of rotatable bonds is 5. The zero-order chi connectivity index (χ0) is 15.4. The maximum Gasteiger partial charge on any atom is 0.326 e. The zero-order valence-corrected chi connectivity index (χ0v) is 12.1. The van der Waals surface area contributed by atoms with Gasteiger partial charge >= 0.3 is 5.97 Å². The number of hydrogen-bond donors (Lipinski definition) is 2. The van der Waals surface area contributed by atoms with Crippen molar-refractivity contribution in [2.45, 2.75) is 29.9 Å². The maximum absolute atomic E-state index is 12.7. The van der Waals surface area contributed by atoms with Crippen molar-refractivity contribution in [1.29, 1.82) is 0 Å². The maximum atomic E-state index is 12.7. The largest absolute Gasteiger partial charge is 0.480 e. The van der Waals surface area contributed by atoms with Crippen molar-refractivity contribution in [3.05, 3.63) is 30.1 Å². The van der Waals surface area contributed by atoms with Gasteiger partial charge in [-0.25, -0.2) is 9.18 Å². The first-order valence-corrected chi connectivity index (χ1v) is 7.54. The quantitative estimate of drug-likeness (QED) is 0.803. The Morgan fingerprint density at radius 3 is 2.62 bits per heavy atom. The van der Waals surface area contributed by atoms with Gasteiger partial charge in [0.1, 0.15) is 11.9 Å². The molecule has 1 heterocycles. The van der Waals surface area contributed by atoms with Gasteiger partial charge in [0.05, 0.1) is 6.10 Å². The van der Waals surface area contributed by atoms with E-state index in [0.29, 0.717) is 5.75 Å². The fourth-order valence-electron chi connectivity index (χ4n) is 2.25. The Morgan fingerprint density at radius 1 is 1.33 bits per heavy atom. The molecule has 0 saturated carbocycles. The Hall–Kier alpha value is -1.60. The Bertz CT molecular complexity index is 522. The average Bonchev–Trinajstić information content (AvgIpc) is 2.83. The number of nitrogens with zero attached hydrogens (tertiary/aromatic N) is 1. The summed E-state index contributed by atoms with van der Waals surface area (Å²) in [5.74, 6) is -1.21. The first kappa shape index (κ1) is 15.8. The van der Waals surface area contributed by atoms with Gasteiger partial charge < -0.3 is 15.1 Å². The lowest BCUT2D eigenvalue weighted by molar-refractivity contribution is -0.148. The monoisotopic (exact) mass is 313 g/mol. The van der Waals surface area contributed by atoms with E-state index in [1.54, 1.807) is 12.1 Å². The second kappa shape index (κ2) is 6.91. The number of halogens is 1. The summed E-state index contributed by atoms with van der Waals surface area (Å²) in [6.07, 6.45) is -0.523. The number of carboxylic acids is 1. The normalized spacial score (nSPS) is 21.5. The molecule has 7 heteroatoms. The van der Waals surface area contributed by atoms with Crippen molar-refractivity contribution in [3.8, 4) is 0 Å². The summed E-state index contributed by atoms with van der Waals surface area (Å²) in [6, 6.07) is 5.01. The van der Waals surface area contributed by atoms with Crippen LogP contribution in [0.4, 0.5) is 4.39 Å². The lowest BCUT2D eigenvalue weighted by Gasteiger charge is -2.20. The van der Waals surface area contributed by atoms with Crippen LogP contribution in [0.25, 0.3) is 0 Å². The number of β-amino-alcohol motifs (C(OH)–C–C–N with tert-alkyl or cyclic N) is 1. The molecular weight excluding hydrogens is 297 g/mol. The highest BCUT2D eigenvalue weighted by Gasteiger charge is 2.38. The van der Waals surface area contributed by atoms with Gasteiger partial charge in [-0.2, -0.15) is 0 Å². The summed E-state index contributed by atoms with van der Waals surface area (Å²) in [6.45, 7) is 0.0665. The van der Waals surface area contributed by atoms with Crippen LogP contribution in [0.15, 0.2) is 29.2 Å². The summed E-state index contributed by atoms with van der Waals surface area (Å²) >= 11 is 1.40. The van der Waals surface area contributed by atoms with Gasteiger partial charge in [-0.15, -0.1) is 11.8 Å². The molecule has 1 saturated heterocycles. The highest BCUT2D eigenvalue weighted by Crippen LogP contribution is 2.22. The molecule has 1 aliphatic heterocycles. The number of carboxylic acid groups (broad SMARTS) is 1. The van der Waals surface area contributed by atoms with E-state index in [0.717, 1.165) is 4.90 Å². The van der Waals surface area contributed by atoms with Gasteiger partial charge in [-0.05, 0) is 24.3 Å². The average molecular weight is 313 g/mol. The molecule has 1 amide bonds. The van der Waals surface area contributed by atoms with Crippen LogP contribution >= 0.6 is 11.8 Å². The molecule has 0 spiro atoms. The van der Waals surface area contributed by atoms with Gasteiger partial charge in [-0.3, -0.25) is 4.79 Å². The summed E-state index contributed by atoms with van der Waals surface area (Å²) in [5, 5.41) is 18.5. The third kappa shape index (κ3) is 4.18. The van der Waals surface area contributed by atoms with Crippen LogP contribution in [0, 0.1) is 5.82 Å². The van der Waals surface area contributed by atoms with E-state index in [1.807, 2.05) is 0 Å². The molecule has 0 bridgehead atoms. The van der Waals surface area contributed by atoms with E-state index in [-0.39, 0.29) is 31.1 Å². The van der Waals surface area contributed by atoms with E-state index in [1.165, 1.54) is 28.8 Å². The number of hydrogen-bond acceptors (Lipinski definition) is 4. The molecule has 5 nitrogen and oxygen atoms in total. The third-order valence-corrected chi connectivity index (χ3v) is 4.30. The number of aliphatic hydroxyl groups excluding tert-OH is 1. The van der Waals surface area contributed by atoms with Crippen molar-refractivity contribution in [2.75, 3.05) is 12.3 Å². The Kier molecular flexibility index (Phi) is 5.19. The molecule has 2 N–H and O–H groups in total. The summed E-state index contributed by atoms with van der Waals surface area (Å²) in [7, 11) is 0. The number of carbonyl (C=O) groups excluding carboxylic acids is 1. The molecule has 1 aromatic carbocycles. The third-order valence-electron chi connectivity index (χ3n) is 3.28. The van der Waals surface area contributed by atoms with Crippen LogP contribution in [0.5, 0.6) is 0 Å². The molecule has 21 heavy (non-hydrogen) atoms. The first-order chi connectivity index (χ1) is 9.97. The van der Waals surface area contributed by atoms with Crippen molar-refractivity contribution in [2.24, 2.45) is 0 Å². The minimum Gasteiger partial charge on any atom is -0.480 e. The van der Waals surface area contributed by atoms with E-state index in [2.05, 4.69) is 0 Å². The standard InChI is InChI=1S/C14H16FNO4S/c15-9-1-3-11(4-2-9)21-6-5-13(18)16-8-10(17)7-12(16)14(19)20/h1-4,10,12,17H,5-8H2,(H,19,20)/t10-,12-/m0/s1. The van der Waals surface area contributed by atoms with Gasteiger partial charge in [0.25, 0.3) is 0 Å². The van der Waals surface area contributed by atoms with Crippen molar-refractivity contribution in [1.82, 2.24) is 4.90 Å². The van der Waals surface area contributed by atoms with E-state index < -0.39 is 18.1 Å². The second-order valence-corrected chi connectivity index (χ2v) is 6.01. The molecule has 1 fully saturated rings. The molecule has 2 atom stereocenters. The predicted octanol–water partition coefficient (Wildman–Crippen LogP) is 1.35. The molecular formula is C14H16FNO4S. The van der Waals surface area contributed by atoms with E-state index >= 15 is 0 Å². The molecule has 0 aromatic heterocycles. The summed E-state index contributed by atoms with van der Waals surface area (Å²) in [5.41, 5.74) is 0. The zero-order valence-electron chi connectivity index (χ0n) is 11.2. The Balaban J connectivity index is 1.84. The van der Waals surface area contributed by atoms with Crippen LogP contribution in [-0.2, 0) is 9.59 Å². The molecule has 2 rings (SSSR count). The summed E-state index contributed by atoms with van der Waals surface area (Å²) < 4.78 is 12.7. The topological polar surface area (TPSA) is 77.8 Å². The van der Waals surface area contributed by atoms with Crippen LogP contribution in [0.3, 0.4) is 0 Å². The molecule has 1 aromatic rings. The van der Waals surface area contributed by atoms with Crippen molar-refractivity contribution >= 4 is 23.6 Å². The van der Waals surface area contributed by atoms with Gasteiger partial charge in [0.2, 0.25) is 5.91 Å². The number of carbonyl (C=O) groups is 2. The fraction of sp³-hybridized carbons (Fsp3) is 0.429. The highest BCUT2D eigenvalue weighted by molar-refractivity contribution is 7.99. The molecule has 0 radical (unpaired) electrons. The van der Waals surface area contributed by atoms with Crippen LogP contribution in [0.2, 0.25) is 0 Å². The number of amides is 1. The number of thioether (sulfide) groups is 1. The number of aliphatic carboxylic acids is 1. The van der Waals surface area contributed by atoms with Crippen LogP contribution < -0.4 is 0 Å². The smallest absolute Gasteiger partial charge is 0.326 e. The van der Waals surface area contributed by atoms with Crippen molar-refractivity contribution in [3.63, 3.8) is 0 Å². The molecule has 0 aliphatic carbocycles. The fourth-order valence-corrected chi connectivity index (χ4v) is 3.10. The first-order valence-electron chi connectivity index (χ1n) is 6.56. The molecule has 0 unspecified atom stereocenters. The molecule has 114 valence electrons. The van der Waals surface area contributed by atoms with Gasteiger partial charge in [0, 0.05) is 30.0 Å². The Labute approximate surface area is 125 Å². The van der Waals surface area contributed by atoms with Gasteiger partial charge in [0.15, 0.2) is 0 Å². The number of aliphatic hydroxyl groups is 1. The second-order valence-electron chi connectivity index (χ2n) is 4.84. The lowest BCUT2D eigenvalue weighted by Crippen LogP contribution is -2.40. The van der Waals surface area contributed by atoms with E-state index in [4.69, 9.17) is 5.11 Å². The predicted molar refractivity (Wildman–Crippen MR) is 75.5 cm³/mol. The van der Waals surface area contributed by atoms with Crippen LogP contribution in [-0.4, -0.2) is 51.4 Å². The number of likely N-dealkylation sites (tertiary alicyclic amines) is 1. The SMILES string of the molecule is O=C(O)[C@@H]1C[C@H](O)CN1C(=O)CCSc1ccc(F)cc1.